The van der Waals surface area contributed by atoms with Gasteiger partial charge in [0.25, 0.3) is 0 Å². The largest absolute Gasteiger partial charge is 0.465 e. The van der Waals surface area contributed by atoms with E-state index in [1.54, 1.807) is 30.5 Å². The molecule has 7 heteroatoms. The van der Waals surface area contributed by atoms with Gasteiger partial charge >= 0.3 is 5.97 Å². The maximum absolute atomic E-state index is 11.7. The monoisotopic (exact) mass is 326 g/mol. The molecule has 1 amide bonds. The molecule has 0 spiro atoms. The Morgan fingerprint density at radius 3 is 2.81 bits per heavy atom. The third-order valence-corrected chi connectivity index (χ3v) is 4.04. The van der Waals surface area contributed by atoms with Crippen LogP contribution in [0.15, 0.2) is 23.2 Å². The molecule has 0 aliphatic carbocycles. The highest BCUT2D eigenvalue weighted by Crippen LogP contribution is 2.22. The molecule has 0 radical (unpaired) electrons. The second-order valence-electron chi connectivity index (χ2n) is 4.25. The molecule has 0 N–H and O–H groups in total. The number of aromatic nitrogens is 1. The third-order valence-electron chi connectivity index (χ3n) is 2.76. The Labute approximate surface area is 130 Å². The Balaban J connectivity index is 2.57. The molecule has 21 heavy (non-hydrogen) atoms. The van der Waals surface area contributed by atoms with Crippen molar-refractivity contribution in [1.82, 2.24) is 4.57 Å². The van der Waals surface area contributed by atoms with E-state index in [-0.39, 0.29) is 18.4 Å². The lowest BCUT2D eigenvalue weighted by Gasteiger charge is -2.04. The minimum Gasteiger partial charge on any atom is -0.465 e. The number of carbonyl (C=O) groups excluding carboxylic acids is 2. The number of benzene rings is 1. The summed E-state index contributed by atoms with van der Waals surface area (Å²) in [7, 11) is 0. The smallest absolute Gasteiger partial charge is 0.326 e. The van der Waals surface area contributed by atoms with E-state index in [4.69, 9.17) is 16.3 Å². The number of ether oxygens (including phenoxy) is 1. The van der Waals surface area contributed by atoms with E-state index in [9.17, 15) is 9.59 Å². The van der Waals surface area contributed by atoms with Crippen LogP contribution in [-0.4, -0.2) is 23.1 Å². The predicted octanol–water partition coefficient (Wildman–Crippen LogP) is 2.76. The number of hydrogen-bond acceptors (Lipinski definition) is 4. The lowest BCUT2D eigenvalue weighted by Crippen LogP contribution is -2.23. The van der Waals surface area contributed by atoms with Gasteiger partial charge in [0.05, 0.1) is 16.8 Å². The summed E-state index contributed by atoms with van der Waals surface area (Å²) in [5.74, 6) is -0.595. The zero-order valence-electron chi connectivity index (χ0n) is 11.8. The van der Waals surface area contributed by atoms with Crippen molar-refractivity contribution in [2.45, 2.75) is 26.8 Å². The molecule has 0 aliphatic rings. The molecule has 0 saturated carbocycles. The van der Waals surface area contributed by atoms with Crippen molar-refractivity contribution in [3.8, 4) is 0 Å². The summed E-state index contributed by atoms with van der Waals surface area (Å²) >= 11 is 7.30. The van der Waals surface area contributed by atoms with E-state index in [0.29, 0.717) is 22.9 Å². The molecule has 1 heterocycles. The molecule has 0 unspecified atom stereocenters. The minimum atomic E-state index is -0.363. The number of fused-ring (bicyclic) bond motifs is 1. The van der Waals surface area contributed by atoms with Crippen LogP contribution >= 0.6 is 22.9 Å². The Kier molecular flexibility index (Phi) is 5.14. The Hall–Kier alpha value is -1.66. The Morgan fingerprint density at radius 1 is 1.38 bits per heavy atom. The van der Waals surface area contributed by atoms with Gasteiger partial charge in [0.15, 0.2) is 4.80 Å². The van der Waals surface area contributed by atoms with E-state index in [1.807, 2.05) is 6.07 Å². The summed E-state index contributed by atoms with van der Waals surface area (Å²) in [4.78, 5) is 27.8. The van der Waals surface area contributed by atoms with Crippen molar-refractivity contribution in [3.63, 3.8) is 0 Å². The molecule has 5 nitrogen and oxygen atoms in total. The van der Waals surface area contributed by atoms with Gasteiger partial charge in [-0.05, 0) is 25.1 Å². The van der Waals surface area contributed by atoms with Crippen molar-refractivity contribution in [2.24, 2.45) is 4.99 Å². The van der Waals surface area contributed by atoms with Gasteiger partial charge in [-0.3, -0.25) is 9.59 Å². The van der Waals surface area contributed by atoms with E-state index in [2.05, 4.69) is 4.99 Å². The number of thiazole rings is 1. The van der Waals surface area contributed by atoms with Crippen LogP contribution in [0.2, 0.25) is 5.02 Å². The SMILES string of the molecule is CCOC(=O)Cn1c(=NC(=O)CC)sc2cc(Cl)ccc21. The second kappa shape index (κ2) is 6.87. The number of amides is 1. The van der Waals surface area contributed by atoms with Crippen molar-refractivity contribution in [2.75, 3.05) is 6.61 Å². The minimum absolute atomic E-state index is 0.0191. The first-order valence-electron chi connectivity index (χ1n) is 6.57. The van der Waals surface area contributed by atoms with Crippen molar-refractivity contribution < 1.29 is 14.3 Å². The van der Waals surface area contributed by atoms with E-state index in [1.165, 1.54) is 11.3 Å². The lowest BCUT2D eigenvalue weighted by molar-refractivity contribution is -0.143. The molecule has 0 atom stereocenters. The van der Waals surface area contributed by atoms with Crippen LogP contribution in [0.4, 0.5) is 0 Å². The average Bonchev–Trinajstić information content (AvgIpc) is 2.75. The van der Waals surface area contributed by atoms with Gasteiger partial charge in [0, 0.05) is 11.4 Å². The molecule has 0 saturated heterocycles. The summed E-state index contributed by atoms with van der Waals surface area (Å²) in [6, 6.07) is 5.34. The second-order valence-corrected chi connectivity index (χ2v) is 5.69. The van der Waals surface area contributed by atoms with Crippen LogP contribution in [0.1, 0.15) is 20.3 Å². The normalized spacial score (nSPS) is 11.9. The number of halogens is 1. The summed E-state index contributed by atoms with van der Waals surface area (Å²) in [6.07, 6.45) is 0.314. The van der Waals surface area contributed by atoms with E-state index in [0.717, 1.165) is 10.2 Å². The molecular formula is C14H15ClN2O3S. The van der Waals surface area contributed by atoms with Crippen LogP contribution in [0.25, 0.3) is 10.2 Å². The number of nitrogens with zero attached hydrogens (tertiary/aromatic N) is 2. The summed E-state index contributed by atoms with van der Waals surface area (Å²) in [5.41, 5.74) is 0.806. The number of hydrogen-bond donors (Lipinski definition) is 0. The summed E-state index contributed by atoms with van der Waals surface area (Å²) < 4.78 is 7.52. The van der Waals surface area contributed by atoms with Crippen LogP contribution < -0.4 is 4.80 Å². The number of rotatable bonds is 4. The predicted molar refractivity (Wildman–Crippen MR) is 82.3 cm³/mol. The Bertz CT molecular complexity index is 748. The quantitative estimate of drug-likeness (QED) is 0.812. The molecular weight excluding hydrogens is 312 g/mol. The highest BCUT2D eigenvalue weighted by atomic mass is 35.5. The number of esters is 1. The van der Waals surface area contributed by atoms with Crippen LogP contribution in [0.3, 0.4) is 0 Å². The van der Waals surface area contributed by atoms with Crippen molar-refractivity contribution in [3.05, 3.63) is 28.0 Å². The molecule has 1 aromatic carbocycles. The molecule has 112 valence electrons. The highest BCUT2D eigenvalue weighted by Gasteiger charge is 2.12. The van der Waals surface area contributed by atoms with Crippen LogP contribution in [0.5, 0.6) is 0 Å². The lowest BCUT2D eigenvalue weighted by atomic mass is 10.3. The van der Waals surface area contributed by atoms with Gasteiger partial charge in [-0.25, -0.2) is 0 Å². The van der Waals surface area contributed by atoms with Gasteiger partial charge < -0.3 is 9.30 Å². The fraction of sp³-hybridized carbons (Fsp3) is 0.357. The molecule has 0 bridgehead atoms. The van der Waals surface area contributed by atoms with Gasteiger partial charge in [-0.1, -0.05) is 29.9 Å². The fourth-order valence-corrected chi connectivity index (χ4v) is 3.13. The first kappa shape index (κ1) is 15.7. The topological polar surface area (TPSA) is 60.7 Å². The third kappa shape index (κ3) is 3.71. The standard InChI is InChI=1S/C14H15ClN2O3S/c1-3-12(18)16-14-17(8-13(19)20-4-2)10-6-5-9(15)7-11(10)21-14/h5-7H,3-4,8H2,1-2H3. The number of carbonyl (C=O) groups is 2. The van der Waals surface area contributed by atoms with E-state index >= 15 is 0 Å². The highest BCUT2D eigenvalue weighted by molar-refractivity contribution is 7.16. The molecule has 1 aromatic heterocycles. The van der Waals surface area contributed by atoms with Crippen LogP contribution in [-0.2, 0) is 20.9 Å². The van der Waals surface area contributed by atoms with Gasteiger partial charge in [0.2, 0.25) is 5.91 Å². The van der Waals surface area contributed by atoms with Crippen molar-refractivity contribution in [1.29, 1.82) is 0 Å². The Morgan fingerprint density at radius 2 is 2.14 bits per heavy atom. The first-order valence-corrected chi connectivity index (χ1v) is 7.76. The van der Waals surface area contributed by atoms with Gasteiger partial charge in [-0.2, -0.15) is 4.99 Å². The first-order chi connectivity index (χ1) is 10.0. The molecule has 2 rings (SSSR count). The summed E-state index contributed by atoms with van der Waals surface area (Å²) in [5, 5.41) is 0.598. The zero-order valence-corrected chi connectivity index (χ0v) is 13.3. The molecule has 2 aromatic rings. The maximum Gasteiger partial charge on any atom is 0.326 e. The molecule has 0 aliphatic heterocycles. The fourth-order valence-electron chi connectivity index (χ4n) is 1.81. The van der Waals surface area contributed by atoms with E-state index < -0.39 is 0 Å². The maximum atomic E-state index is 11.7. The van der Waals surface area contributed by atoms with Gasteiger partial charge in [-0.15, -0.1) is 0 Å². The van der Waals surface area contributed by atoms with Crippen molar-refractivity contribution >= 4 is 45.0 Å². The zero-order chi connectivity index (χ0) is 15.4. The van der Waals surface area contributed by atoms with Gasteiger partial charge in [0.1, 0.15) is 6.54 Å². The summed E-state index contributed by atoms with van der Waals surface area (Å²) in [6.45, 7) is 3.82. The molecule has 0 fully saturated rings. The average molecular weight is 327 g/mol. The van der Waals surface area contributed by atoms with Crippen LogP contribution in [0, 0.1) is 0 Å².